The lowest BCUT2D eigenvalue weighted by molar-refractivity contribution is -0.385. The molecule has 0 radical (unpaired) electrons. The highest BCUT2D eigenvalue weighted by Crippen LogP contribution is 2.16. The van der Waals surface area contributed by atoms with Gasteiger partial charge >= 0.3 is 5.97 Å². The molecule has 2 atom stereocenters. The summed E-state index contributed by atoms with van der Waals surface area (Å²) in [5.41, 5.74) is 6.17. The van der Waals surface area contributed by atoms with Crippen LogP contribution in [0.4, 0.5) is 11.4 Å². The zero-order valence-electron chi connectivity index (χ0n) is 23.1. The van der Waals surface area contributed by atoms with Crippen LogP contribution in [0.2, 0.25) is 0 Å². The van der Waals surface area contributed by atoms with E-state index in [4.69, 9.17) is 10.8 Å². The van der Waals surface area contributed by atoms with E-state index in [2.05, 4.69) is 39.2 Å². The zero-order chi connectivity index (χ0) is 27.5. The maximum atomic E-state index is 12.1. The summed E-state index contributed by atoms with van der Waals surface area (Å²) < 4.78 is 0. The standard InChI is InChI=1S/C12H18N4O.C6H4N2O4.C6H14N2.ClH.2H2S/c1-15(2)10-5-6-16(8-10)12(17)11-4-3-9(13)7-14-11;9-6(10)5-2-1-4(3-7-5)8(11)12;1-8(2)6-3-4-7-5-6;;;/h3-4,7,10H,5-6,8,13H2,1-2H3;1-3H,(H,9,10);6-7H,3-5H2,1-2H3;1H;2*1H2/t10-;;6-;;;/m0.0.../s1. The van der Waals surface area contributed by atoms with Gasteiger partial charge in [0.2, 0.25) is 0 Å². The number of anilines is 1. The van der Waals surface area contributed by atoms with Crippen LogP contribution in [0.15, 0.2) is 36.7 Å². The van der Waals surface area contributed by atoms with Crippen LogP contribution in [0.25, 0.3) is 0 Å². The number of amides is 1. The summed E-state index contributed by atoms with van der Waals surface area (Å²) in [6.07, 6.45) is 4.76. The van der Waals surface area contributed by atoms with E-state index in [1.165, 1.54) is 25.7 Å². The molecule has 0 aromatic carbocycles. The number of aromatic carboxylic acids is 1. The first-order chi connectivity index (χ1) is 17.5. The number of halogens is 1. The third kappa shape index (κ3) is 12.7. The van der Waals surface area contributed by atoms with E-state index in [9.17, 15) is 19.7 Å². The van der Waals surface area contributed by atoms with E-state index in [-0.39, 0.29) is 56.7 Å². The number of hydrogen-bond acceptors (Lipinski definition) is 10. The Balaban J connectivity index is 0. The molecule has 4 rings (SSSR count). The van der Waals surface area contributed by atoms with Crippen LogP contribution in [0.3, 0.4) is 0 Å². The number of rotatable bonds is 5. The lowest BCUT2D eigenvalue weighted by atomic mass is 10.2. The molecule has 40 heavy (non-hydrogen) atoms. The molecule has 2 aliphatic heterocycles. The van der Waals surface area contributed by atoms with Gasteiger partial charge in [0.1, 0.15) is 17.6 Å². The maximum Gasteiger partial charge on any atom is 0.354 e. The van der Waals surface area contributed by atoms with Crippen LogP contribution in [0, 0.1) is 10.1 Å². The van der Waals surface area contributed by atoms with Crippen LogP contribution in [-0.4, -0.2) is 113 Å². The lowest BCUT2D eigenvalue weighted by Crippen LogP contribution is -2.34. The third-order valence-corrected chi connectivity index (χ3v) is 6.13. The summed E-state index contributed by atoms with van der Waals surface area (Å²) in [5.74, 6) is -1.21. The highest BCUT2D eigenvalue weighted by atomic mass is 35.5. The first-order valence-corrected chi connectivity index (χ1v) is 11.9. The summed E-state index contributed by atoms with van der Waals surface area (Å²) in [7, 11) is 8.36. The van der Waals surface area contributed by atoms with E-state index in [1.54, 1.807) is 12.1 Å². The summed E-state index contributed by atoms with van der Waals surface area (Å²) in [5, 5.41) is 21.8. The van der Waals surface area contributed by atoms with Crippen molar-refractivity contribution in [2.45, 2.75) is 24.9 Å². The zero-order valence-corrected chi connectivity index (χ0v) is 25.9. The quantitative estimate of drug-likeness (QED) is 0.328. The van der Waals surface area contributed by atoms with Gasteiger partial charge in [0.25, 0.3) is 11.6 Å². The first kappa shape index (κ1) is 39.5. The molecule has 0 unspecified atom stereocenters. The lowest BCUT2D eigenvalue weighted by Gasteiger charge is -2.20. The fourth-order valence-corrected chi connectivity index (χ4v) is 3.74. The molecule has 0 saturated carbocycles. The number of likely N-dealkylation sites (N-methyl/N-ethyl adjacent to an activating group) is 2. The van der Waals surface area contributed by atoms with Crippen molar-refractivity contribution in [1.82, 2.24) is 30.0 Å². The minimum atomic E-state index is -1.20. The number of nitrogens with one attached hydrogen (secondary N) is 1. The van der Waals surface area contributed by atoms with Gasteiger partial charge in [-0.25, -0.2) is 14.8 Å². The molecule has 2 aliphatic rings. The van der Waals surface area contributed by atoms with Crippen LogP contribution >= 0.6 is 39.4 Å². The maximum absolute atomic E-state index is 12.1. The largest absolute Gasteiger partial charge is 0.477 e. The Kier molecular flexibility index (Phi) is 19.1. The van der Waals surface area contributed by atoms with E-state index in [0.717, 1.165) is 43.9 Å². The number of carboxylic acids is 1. The highest BCUT2D eigenvalue weighted by Gasteiger charge is 2.28. The van der Waals surface area contributed by atoms with Crippen LogP contribution < -0.4 is 11.1 Å². The predicted octanol–water partition coefficient (Wildman–Crippen LogP) is 1.69. The molecule has 4 N–H and O–H groups in total. The number of nitro groups is 1. The van der Waals surface area contributed by atoms with Crippen molar-refractivity contribution in [2.24, 2.45) is 0 Å². The second-order valence-corrected chi connectivity index (χ2v) is 9.21. The summed E-state index contributed by atoms with van der Waals surface area (Å²) in [6.45, 7) is 3.95. The third-order valence-electron chi connectivity index (χ3n) is 6.13. The van der Waals surface area contributed by atoms with Crippen molar-refractivity contribution in [3.63, 3.8) is 0 Å². The summed E-state index contributed by atoms with van der Waals surface area (Å²) >= 11 is 0. The molecule has 0 aliphatic carbocycles. The fourth-order valence-electron chi connectivity index (χ4n) is 3.74. The molecule has 226 valence electrons. The van der Waals surface area contributed by atoms with Crippen LogP contribution in [0.1, 0.15) is 33.8 Å². The number of carboxylic acid groups (broad SMARTS) is 1. The Labute approximate surface area is 255 Å². The van der Waals surface area contributed by atoms with Crippen LogP contribution in [-0.2, 0) is 0 Å². The van der Waals surface area contributed by atoms with Gasteiger partial charge in [0.05, 0.1) is 16.8 Å². The average molecular weight is 621 g/mol. The predicted molar refractivity (Wildman–Crippen MR) is 167 cm³/mol. The number of carbonyl (C=O) groups is 2. The Morgan fingerprint density at radius 1 is 1.02 bits per heavy atom. The topological polar surface area (TPSA) is 171 Å². The molecule has 4 heterocycles. The Hall–Kier alpha value is -2.69. The van der Waals surface area contributed by atoms with Crippen LogP contribution in [0.5, 0.6) is 0 Å². The SMILES string of the molecule is CN(C)[C@H]1CCN(C(=O)c2ccc(N)cn2)C1.CN(C)[C@H]1CCNC1.Cl.O=C(O)c1ccc([N+](=O)[O-])cn1.S.S. The minimum absolute atomic E-state index is 0. The Morgan fingerprint density at radius 2 is 1.62 bits per heavy atom. The molecule has 1 amide bonds. The van der Waals surface area contributed by atoms with Crippen molar-refractivity contribution >= 4 is 62.6 Å². The van der Waals surface area contributed by atoms with Gasteiger partial charge in [-0.2, -0.15) is 27.0 Å². The van der Waals surface area contributed by atoms with E-state index in [1.807, 2.05) is 19.0 Å². The van der Waals surface area contributed by atoms with Gasteiger partial charge in [0, 0.05) is 37.8 Å². The monoisotopic (exact) mass is 620 g/mol. The van der Waals surface area contributed by atoms with Crippen molar-refractivity contribution in [3.05, 3.63) is 58.2 Å². The van der Waals surface area contributed by atoms with Gasteiger partial charge in [-0.05, 0) is 65.8 Å². The second kappa shape index (κ2) is 19.4. The second-order valence-electron chi connectivity index (χ2n) is 9.21. The first-order valence-electron chi connectivity index (χ1n) is 11.9. The number of hydrogen-bond donors (Lipinski definition) is 3. The van der Waals surface area contributed by atoms with E-state index >= 15 is 0 Å². The number of pyridine rings is 2. The molecule has 2 aromatic heterocycles. The molecule has 0 spiro atoms. The average Bonchev–Trinajstić information content (AvgIpc) is 3.58. The molecule has 0 bridgehead atoms. The molecular formula is C24H41ClN8O5S2. The Bertz CT molecular complexity index is 1010. The molecule has 2 fully saturated rings. The molecule has 2 saturated heterocycles. The van der Waals surface area contributed by atoms with E-state index < -0.39 is 10.9 Å². The number of nitrogen functional groups attached to an aromatic ring is 1. The summed E-state index contributed by atoms with van der Waals surface area (Å²) in [4.78, 5) is 45.5. The van der Waals surface area contributed by atoms with Crippen molar-refractivity contribution in [2.75, 3.05) is 60.1 Å². The van der Waals surface area contributed by atoms with Crippen molar-refractivity contribution in [1.29, 1.82) is 0 Å². The van der Waals surface area contributed by atoms with Crippen molar-refractivity contribution < 1.29 is 19.6 Å². The fraction of sp³-hybridized carbons (Fsp3) is 0.500. The minimum Gasteiger partial charge on any atom is -0.477 e. The number of nitrogens with two attached hydrogens (primary N) is 1. The van der Waals surface area contributed by atoms with Gasteiger partial charge in [-0.15, -0.1) is 12.4 Å². The van der Waals surface area contributed by atoms with Gasteiger partial charge in [0.15, 0.2) is 0 Å². The number of nitrogens with zero attached hydrogens (tertiary/aromatic N) is 6. The van der Waals surface area contributed by atoms with Gasteiger partial charge in [-0.1, -0.05) is 0 Å². The Morgan fingerprint density at radius 3 is 2.00 bits per heavy atom. The number of carbonyl (C=O) groups excluding carboxylic acids is 1. The number of likely N-dealkylation sites (tertiary alicyclic amines) is 1. The molecule has 2 aromatic rings. The molecule has 13 nitrogen and oxygen atoms in total. The summed E-state index contributed by atoms with van der Waals surface area (Å²) in [6, 6.07) is 6.81. The molecule has 16 heteroatoms. The van der Waals surface area contributed by atoms with E-state index in [0.29, 0.717) is 17.4 Å². The normalized spacial score (nSPS) is 17.2. The highest BCUT2D eigenvalue weighted by molar-refractivity contribution is 7.59. The van der Waals surface area contributed by atoms with Crippen molar-refractivity contribution in [3.8, 4) is 0 Å². The van der Waals surface area contributed by atoms with Gasteiger partial charge in [-0.3, -0.25) is 14.9 Å². The number of aromatic nitrogens is 2. The molecular weight excluding hydrogens is 580 g/mol. The smallest absolute Gasteiger partial charge is 0.354 e. The van der Waals surface area contributed by atoms with Gasteiger partial charge < -0.3 is 30.9 Å².